The molecule has 1 amide bonds. The van der Waals surface area contributed by atoms with Gasteiger partial charge in [-0.05, 0) is 11.6 Å². The number of benzene rings is 1. The van der Waals surface area contributed by atoms with Gasteiger partial charge < -0.3 is 10.3 Å². The van der Waals surface area contributed by atoms with E-state index in [2.05, 4.69) is 25.6 Å². The SMILES string of the molecule is O=C(Cc1c[nH]c2ccccc12)NCCc1nn2cnnc2s1. The van der Waals surface area contributed by atoms with E-state index in [1.807, 2.05) is 30.5 Å². The van der Waals surface area contributed by atoms with Gasteiger partial charge in [-0.1, -0.05) is 29.5 Å². The molecule has 0 unspecified atom stereocenters. The molecule has 4 rings (SSSR count). The molecule has 0 saturated heterocycles. The van der Waals surface area contributed by atoms with Gasteiger partial charge in [0.25, 0.3) is 0 Å². The van der Waals surface area contributed by atoms with Crippen LogP contribution in [0.1, 0.15) is 10.6 Å². The Morgan fingerprint density at radius 1 is 1.35 bits per heavy atom. The predicted octanol–water partition coefficient (Wildman–Crippen LogP) is 1.57. The van der Waals surface area contributed by atoms with Gasteiger partial charge in [-0.25, -0.2) is 0 Å². The molecule has 0 fully saturated rings. The van der Waals surface area contributed by atoms with Crippen molar-refractivity contribution in [2.75, 3.05) is 6.54 Å². The van der Waals surface area contributed by atoms with E-state index >= 15 is 0 Å². The van der Waals surface area contributed by atoms with Gasteiger partial charge in [0.2, 0.25) is 10.9 Å². The van der Waals surface area contributed by atoms with Crippen LogP contribution in [0.4, 0.5) is 0 Å². The molecule has 3 aromatic heterocycles. The second-order valence-electron chi connectivity index (χ2n) is 5.19. The number of fused-ring (bicyclic) bond motifs is 2. The number of rotatable bonds is 5. The van der Waals surface area contributed by atoms with E-state index in [0.717, 1.165) is 26.4 Å². The zero-order valence-corrected chi connectivity index (χ0v) is 13.0. The maximum atomic E-state index is 12.1. The summed E-state index contributed by atoms with van der Waals surface area (Å²) in [5.74, 6) is 0.0118. The number of nitrogens with zero attached hydrogens (tertiary/aromatic N) is 4. The fourth-order valence-corrected chi connectivity index (χ4v) is 3.34. The number of aromatic amines is 1. The zero-order valence-electron chi connectivity index (χ0n) is 12.2. The fraction of sp³-hybridized carbons (Fsp3) is 0.200. The van der Waals surface area contributed by atoms with Crippen LogP contribution in [-0.4, -0.2) is 37.2 Å². The number of aromatic nitrogens is 5. The van der Waals surface area contributed by atoms with Crippen molar-refractivity contribution in [3.8, 4) is 0 Å². The van der Waals surface area contributed by atoms with Crippen LogP contribution in [0.5, 0.6) is 0 Å². The molecule has 4 aromatic rings. The Labute approximate surface area is 135 Å². The topological polar surface area (TPSA) is 88.0 Å². The van der Waals surface area contributed by atoms with Crippen LogP contribution < -0.4 is 5.32 Å². The number of hydrogen-bond acceptors (Lipinski definition) is 5. The highest BCUT2D eigenvalue weighted by Gasteiger charge is 2.09. The normalized spacial score (nSPS) is 11.3. The Morgan fingerprint density at radius 2 is 2.26 bits per heavy atom. The summed E-state index contributed by atoms with van der Waals surface area (Å²) < 4.78 is 1.65. The summed E-state index contributed by atoms with van der Waals surface area (Å²) in [6.07, 6.45) is 4.53. The van der Waals surface area contributed by atoms with Crippen LogP contribution >= 0.6 is 11.3 Å². The average molecular weight is 326 g/mol. The average Bonchev–Trinajstić information content (AvgIpc) is 3.22. The first-order valence-electron chi connectivity index (χ1n) is 7.27. The molecule has 2 N–H and O–H groups in total. The van der Waals surface area contributed by atoms with Gasteiger partial charge in [0.1, 0.15) is 11.3 Å². The molecular weight excluding hydrogens is 312 g/mol. The van der Waals surface area contributed by atoms with E-state index in [1.165, 1.54) is 11.3 Å². The Morgan fingerprint density at radius 3 is 3.17 bits per heavy atom. The molecule has 3 heterocycles. The Hall–Kier alpha value is -2.74. The summed E-state index contributed by atoms with van der Waals surface area (Å²) in [6, 6.07) is 7.98. The van der Waals surface area contributed by atoms with Crippen LogP contribution in [0.15, 0.2) is 36.8 Å². The van der Waals surface area contributed by atoms with Crippen LogP contribution in [0.2, 0.25) is 0 Å². The fourth-order valence-electron chi connectivity index (χ4n) is 2.52. The van der Waals surface area contributed by atoms with E-state index < -0.39 is 0 Å². The summed E-state index contributed by atoms with van der Waals surface area (Å²) in [6.45, 7) is 0.561. The Kier molecular flexibility index (Phi) is 3.51. The number of amides is 1. The van der Waals surface area contributed by atoms with Gasteiger partial charge in [-0.3, -0.25) is 4.79 Å². The van der Waals surface area contributed by atoms with Gasteiger partial charge in [-0.2, -0.15) is 9.61 Å². The summed E-state index contributed by atoms with van der Waals surface area (Å²) in [5, 5.41) is 17.0. The quantitative estimate of drug-likeness (QED) is 0.583. The predicted molar refractivity (Wildman–Crippen MR) is 87.4 cm³/mol. The number of nitrogens with one attached hydrogen (secondary N) is 2. The van der Waals surface area contributed by atoms with Crippen molar-refractivity contribution in [3.63, 3.8) is 0 Å². The molecule has 0 spiro atoms. The monoisotopic (exact) mass is 326 g/mol. The lowest BCUT2D eigenvalue weighted by atomic mass is 10.1. The van der Waals surface area contributed by atoms with Crippen molar-refractivity contribution in [2.45, 2.75) is 12.8 Å². The number of carbonyl (C=O) groups excluding carboxylic acids is 1. The highest BCUT2D eigenvalue weighted by Crippen LogP contribution is 2.18. The molecule has 0 radical (unpaired) electrons. The largest absolute Gasteiger partial charge is 0.361 e. The number of hydrogen-bond donors (Lipinski definition) is 2. The second-order valence-corrected chi connectivity index (χ2v) is 6.23. The molecule has 1 aromatic carbocycles. The number of H-pyrrole nitrogens is 1. The number of carbonyl (C=O) groups is 1. The lowest BCUT2D eigenvalue weighted by molar-refractivity contribution is -0.120. The maximum Gasteiger partial charge on any atom is 0.234 e. The van der Waals surface area contributed by atoms with E-state index in [1.54, 1.807) is 10.8 Å². The summed E-state index contributed by atoms with van der Waals surface area (Å²) in [5.41, 5.74) is 2.06. The summed E-state index contributed by atoms with van der Waals surface area (Å²) in [7, 11) is 0. The van der Waals surface area contributed by atoms with Gasteiger partial charge in [-0.15, -0.1) is 10.2 Å². The van der Waals surface area contributed by atoms with Crippen molar-refractivity contribution in [2.24, 2.45) is 0 Å². The van der Waals surface area contributed by atoms with Crippen molar-refractivity contribution in [1.29, 1.82) is 0 Å². The summed E-state index contributed by atoms with van der Waals surface area (Å²) >= 11 is 1.48. The van der Waals surface area contributed by atoms with Crippen molar-refractivity contribution >= 4 is 33.1 Å². The molecule has 0 aliphatic rings. The number of para-hydroxylation sites is 1. The molecule has 0 bridgehead atoms. The molecule has 0 saturated carbocycles. The molecule has 23 heavy (non-hydrogen) atoms. The molecule has 116 valence electrons. The van der Waals surface area contributed by atoms with Crippen LogP contribution in [0.3, 0.4) is 0 Å². The van der Waals surface area contributed by atoms with E-state index in [0.29, 0.717) is 19.4 Å². The molecule has 0 atom stereocenters. The van der Waals surface area contributed by atoms with Crippen LogP contribution in [-0.2, 0) is 17.6 Å². The third kappa shape index (κ3) is 2.80. The second kappa shape index (κ2) is 5.81. The molecule has 8 heteroatoms. The minimum absolute atomic E-state index is 0.0118. The lowest BCUT2D eigenvalue weighted by Gasteiger charge is -2.03. The zero-order chi connectivity index (χ0) is 15.6. The maximum absolute atomic E-state index is 12.1. The lowest BCUT2D eigenvalue weighted by Crippen LogP contribution is -2.27. The van der Waals surface area contributed by atoms with Crippen molar-refractivity contribution in [3.05, 3.63) is 47.4 Å². The minimum Gasteiger partial charge on any atom is -0.361 e. The first-order chi connectivity index (χ1) is 11.3. The first-order valence-corrected chi connectivity index (χ1v) is 8.09. The highest BCUT2D eigenvalue weighted by molar-refractivity contribution is 7.16. The van der Waals surface area contributed by atoms with Crippen molar-refractivity contribution < 1.29 is 4.79 Å². The third-order valence-electron chi connectivity index (χ3n) is 3.62. The third-order valence-corrected chi connectivity index (χ3v) is 4.59. The molecular formula is C15H14N6OS. The van der Waals surface area contributed by atoms with Crippen molar-refractivity contribution in [1.82, 2.24) is 30.1 Å². The van der Waals surface area contributed by atoms with E-state index in [4.69, 9.17) is 0 Å². The van der Waals surface area contributed by atoms with E-state index in [9.17, 15) is 4.79 Å². The van der Waals surface area contributed by atoms with E-state index in [-0.39, 0.29) is 5.91 Å². The summed E-state index contributed by atoms with van der Waals surface area (Å²) in [4.78, 5) is 16.0. The smallest absolute Gasteiger partial charge is 0.234 e. The van der Waals surface area contributed by atoms with Gasteiger partial charge in [0, 0.05) is 30.1 Å². The standard InChI is InChI=1S/C15H14N6OS/c22-13(7-10-8-17-12-4-2-1-3-11(10)12)16-6-5-14-20-21-9-18-19-15(21)23-14/h1-4,8-9,17H,5-7H2,(H,16,22). The van der Waals surface area contributed by atoms with Crippen LogP contribution in [0.25, 0.3) is 15.9 Å². The van der Waals surface area contributed by atoms with Gasteiger partial charge in [0.05, 0.1) is 6.42 Å². The molecule has 0 aliphatic heterocycles. The molecule has 7 nitrogen and oxygen atoms in total. The molecule has 0 aliphatic carbocycles. The van der Waals surface area contributed by atoms with Gasteiger partial charge >= 0.3 is 0 Å². The van der Waals surface area contributed by atoms with Gasteiger partial charge in [0.15, 0.2) is 0 Å². The first kappa shape index (κ1) is 13.9. The minimum atomic E-state index is 0.0118. The Bertz CT molecular complexity index is 940. The Balaban J connectivity index is 1.34. The van der Waals surface area contributed by atoms with Crippen LogP contribution in [0, 0.1) is 0 Å². The highest BCUT2D eigenvalue weighted by atomic mass is 32.1.